The average molecular weight is 275 g/mol. The molecule has 0 aromatic heterocycles. The summed E-state index contributed by atoms with van der Waals surface area (Å²) in [5, 5.41) is 32.1. The van der Waals surface area contributed by atoms with Crippen molar-refractivity contribution < 1.29 is 10.0 Å². The zero-order chi connectivity index (χ0) is 14.6. The van der Waals surface area contributed by atoms with E-state index in [2.05, 4.69) is 5.32 Å². The summed E-state index contributed by atoms with van der Waals surface area (Å²) in [5.74, 6) is 0. The molecule has 1 aliphatic rings. The fourth-order valence-electron chi connectivity index (χ4n) is 2.60. The van der Waals surface area contributed by atoms with Crippen molar-refractivity contribution in [3.05, 3.63) is 33.9 Å². The molecule has 20 heavy (non-hydrogen) atoms. The van der Waals surface area contributed by atoms with Gasteiger partial charge in [-0.25, -0.2) is 0 Å². The molecule has 0 heterocycles. The lowest BCUT2D eigenvalue weighted by atomic mass is 9.66. The van der Waals surface area contributed by atoms with Crippen molar-refractivity contribution in [2.24, 2.45) is 5.41 Å². The van der Waals surface area contributed by atoms with Crippen LogP contribution in [0.15, 0.2) is 18.2 Å². The SMILES string of the molecule is N#Cc1cc([N+](=O)[O-])ccc1NCC1(CCO)CCC1. The lowest BCUT2D eigenvalue weighted by Crippen LogP contribution is -2.37. The first-order chi connectivity index (χ1) is 9.60. The second-order valence-electron chi connectivity index (χ2n) is 5.28. The van der Waals surface area contributed by atoms with Crippen LogP contribution in [0.2, 0.25) is 0 Å². The lowest BCUT2D eigenvalue weighted by molar-refractivity contribution is -0.384. The summed E-state index contributed by atoms with van der Waals surface area (Å²) in [6.45, 7) is 0.840. The minimum atomic E-state index is -0.510. The van der Waals surface area contributed by atoms with Gasteiger partial charge in [-0.2, -0.15) is 5.26 Å². The number of benzene rings is 1. The summed E-state index contributed by atoms with van der Waals surface area (Å²) in [5.41, 5.74) is 0.907. The highest BCUT2D eigenvalue weighted by Crippen LogP contribution is 2.43. The van der Waals surface area contributed by atoms with Crippen LogP contribution in [0.3, 0.4) is 0 Å². The van der Waals surface area contributed by atoms with Gasteiger partial charge in [0.15, 0.2) is 0 Å². The maximum absolute atomic E-state index is 10.7. The van der Waals surface area contributed by atoms with Crippen molar-refractivity contribution >= 4 is 11.4 Å². The molecule has 1 fully saturated rings. The van der Waals surface area contributed by atoms with E-state index in [9.17, 15) is 10.1 Å². The first kappa shape index (κ1) is 14.3. The summed E-state index contributed by atoms with van der Waals surface area (Å²) in [6.07, 6.45) is 4.03. The molecule has 0 atom stereocenters. The number of anilines is 1. The van der Waals surface area contributed by atoms with Crippen LogP contribution in [0.25, 0.3) is 0 Å². The number of aliphatic hydroxyl groups is 1. The second kappa shape index (κ2) is 5.88. The van der Waals surface area contributed by atoms with Gasteiger partial charge in [0.2, 0.25) is 0 Å². The van der Waals surface area contributed by atoms with Crippen LogP contribution in [0, 0.1) is 26.9 Å². The van der Waals surface area contributed by atoms with Gasteiger partial charge in [-0.3, -0.25) is 10.1 Å². The first-order valence-corrected chi connectivity index (χ1v) is 6.63. The van der Waals surface area contributed by atoms with Crippen LogP contribution in [-0.4, -0.2) is 23.2 Å². The van der Waals surface area contributed by atoms with E-state index in [4.69, 9.17) is 10.4 Å². The summed E-state index contributed by atoms with van der Waals surface area (Å²) in [7, 11) is 0. The van der Waals surface area contributed by atoms with Crippen molar-refractivity contribution in [3.63, 3.8) is 0 Å². The van der Waals surface area contributed by atoms with E-state index in [1.807, 2.05) is 6.07 Å². The molecule has 1 aromatic carbocycles. The molecule has 2 N–H and O–H groups in total. The highest BCUT2D eigenvalue weighted by molar-refractivity contribution is 5.61. The fraction of sp³-hybridized carbons (Fsp3) is 0.500. The van der Waals surface area contributed by atoms with Crippen molar-refractivity contribution in [1.82, 2.24) is 0 Å². The average Bonchev–Trinajstić information content (AvgIpc) is 2.41. The Hall–Kier alpha value is -2.13. The smallest absolute Gasteiger partial charge is 0.270 e. The number of hydrogen-bond donors (Lipinski definition) is 2. The third-order valence-corrected chi connectivity index (χ3v) is 4.04. The van der Waals surface area contributed by atoms with Gasteiger partial charge in [-0.1, -0.05) is 6.42 Å². The molecule has 1 aliphatic carbocycles. The number of aliphatic hydroxyl groups excluding tert-OH is 1. The third kappa shape index (κ3) is 2.89. The van der Waals surface area contributed by atoms with E-state index in [1.165, 1.54) is 12.1 Å². The molecule has 0 bridgehead atoms. The Bertz CT molecular complexity index is 547. The number of nitrogens with one attached hydrogen (secondary N) is 1. The van der Waals surface area contributed by atoms with E-state index in [1.54, 1.807) is 6.07 Å². The van der Waals surface area contributed by atoms with Crippen molar-refractivity contribution in [2.45, 2.75) is 25.7 Å². The Kier molecular flexibility index (Phi) is 4.20. The van der Waals surface area contributed by atoms with Gasteiger partial charge in [0, 0.05) is 25.3 Å². The molecule has 0 aliphatic heterocycles. The molecule has 0 unspecified atom stereocenters. The first-order valence-electron chi connectivity index (χ1n) is 6.63. The Morgan fingerprint density at radius 2 is 2.25 bits per heavy atom. The fourth-order valence-corrected chi connectivity index (χ4v) is 2.60. The van der Waals surface area contributed by atoms with Crippen LogP contribution >= 0.6 is 0 Å². The molecule has 0 amide bonds. The van der Waals surface area contributed by atoms with E-state index < -0.39 is 4.92 Å². The topological polar surface area (TPSA) is 99.2 Å². The summed E-state index contributed by atoms with van der Waals surface area (Å²) in [4.78, 5) is 10.2. The monoisotopic (exact) mass is 275 g/mol. The van der Waals surface area contributed by atoms with Gasteiger partial charge in [0.1, 0.15) is 6.07 Å². The molecule has 1 aromatic rings. The van der Waals surface area contributed by atoms with E-state index in [-0.39, 0.29) is 23.3 Å². The standard InChI is InChI=1S/C14H17N3O3/c15-9-11-8-12(17(19)20)2-3-13(11)16-10-14(6-7-18)4-1-5-14/h2-3,8,16,18H,1,4-7,10H2. The van der Waals surface area contributed by atoms with Crippen molar-refractivity contribution in [1.29, 1.82) is 5.26 Å². The normalized spacial score (nSPS) is 16.0. The van der Waals surface area contributed by atoms with Gasteiger partial charge in [-0.15, -0.1) is 0 Å². The Balaban J connectivity index is 2.10. The predicted octanol–water partition coefficient (Wildman–Crippen LogP) is 2.43. The molecule has 2 rings (SSSR count). The number of hydrogen-bond acceptors (Lipinski definition) is 5. The van der Waals surface area contributed by atoms with E-state index in [0.717, 1.165) is 25.7 Å². The third-order valence-electron chi connectivity index (χ3n) is 4.04. The van der Waals surface area contributed by atoms with E-state index in [0.29, 0.717) is 12.2 Å². The van der Waals surface area contributed by atoms with Crippen LogP contribution in [0.4, 0.5) is 11.4 Å². The number of nitro benzene ring substituents is 1. The van der Waals surface area contributed by atoms with E-state index >= 15 is 0 Å². The maximum Gasteiger partial charge on any atom is 0.270 e. The second-order valence-corrected chi connectivity index (χ2v) is 5.28. The predicted molar refractivity (Wildman–Crippen MR) is 74.3 cm³/mol. The van der Waals surface area contributed by atoms with Gasteiger partial charge in [-0.05, 0) is 30.7 Å². The van der Waals surface area contributed by atoms with Crippen LogP contribution in [0.5, 0.6) is 0 Å². The Morgan fingerprint density at radius 1 is 1.50 bits per heavy atom. The van der Waals surface area contributed by atoms with Crippen molar-refractivity contribution in [2.75, 3.05) is 18.5 Å². The molecular weight excluding hydrogens is 258 g/mol. The van der Waals surface area contributed by atoms with Gasteiger partial charge in [0.05, 0.1) is 16.2 Å². The molecule has 106 valence electrons. The van der Waals surface area contributed by atoms with Crippen molar-refractivity contribution in [3.8, 4) is 6.07 Å². The molecule has 1 saturated carbocycles. The minimum Gasteiger partial charge on any atom is -0.396 e. The van der Waals surface area contributed by atoms with Crippen LogP contribution in [-0.2, 0) is 0 Å². The molecule has 0 radical (unpaired) electrons. The minimum absolute atomic E-state index is 0.0826. The number of nitriles is 1. The lowest BCUT2D eigenvalue weighted by Gasteiger charge is -2.42. The number of rotatable bonds is 6. The quantitative estimate of drug-likeness (QED) is 0.613. The molecular formula is C14H17N3O3. The zero-order valence-electron chi connectivity index (χ0n) is 11.1. The van der Waals surface area contributed by atoms with Gasteiger partial charge >= 0.3 is 0 Å². The highest BCUT2D eigenvalue weighted by atomic mass is 16.6. The summed E-state index contributed by atoms with van der Waals surface area (Å²) >= 11 is 0. The largest absolute Gasteiger partial charge is 0.396 e. The maximum atomic E-state index is 10.7. The molecule has 0 spiro atoms. The Morgan fingerprint density at radius 3 is 2.75 bits per heavy atom. The van der Waals surface area contributed by atoms with Gasteiger partial charge in [0.25, 0.3) is 5.69 Å². The zero-order valence-corrected chi connectivity index (χ0v) is 11.1. The molecule has 6 heteroatoms. The van der Waals surface area contributed by atoms with Crippen LogP contribution in [0.1, 0.15) is 31.2 Å². The number of nitro groups is 1. The van der Waals surface area contributed by atoms with Crippen LogP contribution < -0.4 is 5.32 Å². The van der Waals surface area contributed by atoms with Gasteiger partial charge < -0.3 is 10.4 Å². The molecule has 0 saturated heterocycles. The number of non-ortho nitro benzene ring substituents is 1. The Labute approximate surface area is 117 Å². The molecule has 6 nitrogen and oxygen atoms in total. The number of nitrogens with zero attached hydrogens (tertiary/aromatic N) is 2. The summed E-state index contributed by atoms with van der Waals surface area (Å²) in [6, 6.07) is 6.22. The highest BCUT2D eigenvalue weighted by Gasteiger charge is 2.36. The summed E-state index contributed by atoms with van der Waals surface area (Å²) < 4.78 is 0.